The Bertz CT molecular complexity index is 426. The Balaban J connectivity index is 1.70. The van der Waals surface area contributed by atoms with Crippen molar-refractivity contribution in [1.29, 1.82) is 0 Å². The predicted octanol–water partition coefficient (Wildman–Crippen LogP) is 2.21. The van der Waals surface area contributed by atoms with Crippen LogP contribution in [0.1, 0.15) is 25.1 Å². The highest BCUT2D eigenvalue weighted by molar-refractivity contribution is 7.09. The summed E-state index contributed by atoms with van der Waals surface area (Å²) in [7, 11) is 0. The van der Waals surface area contributed by atoms with Gasteiger partial charge in [-0.05, 0) is 23.8 Å². The Morgan fingerprint density at radius 2 is 2.50 bits per heavy atom. The molecule has 0 saturated carbocycles. The van der Waals surface area contributed by atoms with Crippen molar-refractivity contribution in [3.8, 4) is 0 Å². The molecule has 1 aliphatic heterocycles. The van der Waals surface area contributed by atoms with Crippen LogP contribution in [-0.4, -0.2) is 24.3 Å². The van der Waals surface area contributed by atoms with Gasteiger partial charge in [-0.15, -0.1) is 11.3 Å². The van der Waals surface area contributed by atoms with Crippen molar-refractivity contribution in [1.82, 2.24) is 5.32 Å². The molecule has 0 radical (unpaired) electrons. The number of thiophene rings is 1. The van der Waals surface area contributed by atoms with Gasteiger partial charge >= 0.3 is 0 Å². The fourth-order valence-electron chi connectivity index (χ4n) is 1.76. The van der Waals surface area contributed by atoms with Gasteiger partial charge in [0.15, 0.2) is 0 Å². The molecular weight excluding hydrogens is 248 g/mol. The van der Waals surface area contributed by atoms with Crippen molar-refractivity contribution in [2.75, 3.05) is 6.54 Å². The summed E-state index contributed by atoms with van der Waals surface area (Å²) in [4.78, 5) is 18.3. The second kappa shape index (κ2) is 6.00. The first kappa shape index (κ1) is 13.1. The zero-order valence-corrected chi connectivity index (χ0v) is 11.5. The first-order chi connectivity index (χ1) is 8.66. The molecule has 0 aliphatic carbocycles. The molecule has 1 atom stereocenters. The van der Waals surface area contributed by atoms with Gasteiger partial charge in [-0.2, -0.15) is 0 Å². The summed E-state index contributed by atoms with van der Waals surface area (Å²) in [5, 5.41) is 8.89. The molecule has 1 aromatic heterocycles. The van der Waals surface area contributed by atoms with Gasteiger partial charge < -0.3 is 10.2 Å². The van der Waals surface area contributed by atoms with Crippen molar-refractivity contribution in [3.63, 3.8) is 0 Å². The summed E-state index contributed by atoms with van der Waals surface area (Å²) in [5.74, 6) is 0.278. The van der Waals surface area contributed by atoms with Crippen LogP contribution in [0.5, 0.6) is 0 Å². The SMILES string of the molecule is CC(C)C1=NOC(C(=O)NCCc2cccs2)C1. The van der Waals surface area contributed by atoms with Crippen LogP contribution in [0.2, 0.25) is 0 Å². The average molecular weight is 266 g/mol. The van der Waals surface area contributed by atoms with E-state index < -0.39 is 6.10 Å². The van der Waals surface area contributed by atoms with E-state index in [0.717, 1.165) is 12.1 Å². The number of oxime groups is 1. The Morgan fingerprint density at radius 1 is 1.67 bits per heavy atom. The van der Waals surface area contributed by atoms with E-state index in [0.29, 0.717) is 18.9 Å². The number of amides is 1. The van der Waals surface area contributed by atoms with E-state index in [9.17, 15) is 4.79 Å². The van der Waals surface area contributed by atoms with Crippen LogP contribution >= 0.6 is 11.3 Å². The van der Waals surface area contributed by atoms with Gasteiger partial charge in [0.2, 0.25) is 6.10 Å². The highest BCUT2D eigenvalue weighted by Gasteiger charge is 2.28. The number of nitrogens with one attached hydrogen (secondary N) is 1. The third-order valence-electron chi connectivity index (χ3n) is 2.90. The maximum atomic E-state index is 11.8. The van der Waals surface area contributed by atoms with Crippen LogP contribution in [0.3, 0.4) is 0 Å². The van der Waals surface area contributed by atoms with Crippen LogP contribution in [0, 0.1) is 5.92 Å². The van der Waals surface area contributed by atoms with Crippen LogP contribution in [0.15, 0.2) is 22.7 Å². The summed E-state index contributed by atoms with van der Waals surface area (Å²) in [5.41, 5.74) is 0.966. The molecule has 1 unspecified atom stereocenters. The number of nitrogens with zero attached hydrogens (tertiary/aromatic N) is 1. The fourth-order valence-corrected chi connectivity index (χ4v) is 2.46. The van der Waals surface area contributed by atoms with Crippen molar-refractivity contribution in [2.24, 2.45) is 11.1 Å². The molecule has 0 fully saturated rings. The lowest BCUT2D eigenvalue weighted by Crippen LogP contribution is -2.36. The molecule has 4 nitrogen and oxygen atoms in total. The Hall–Kier alpha value is -1.36. The molecule has 0 bridgehead atoms. The lowest BCUT2D eigenvalue weighted by atomic mass is 10.0. The Labute approximate surface area is 111 Å². The summed E-state index contributed by atoms with van der Waals surface area (Å²) < 4.78 is 0. The Morgan fingerprint density at radius 3 is 3.11 bits per heavy atom. The van der Waals surface area contributed by atoms with Gasteiger partial charge in [0.25, 0.3) is 5.91 Å². The molecule has 1 amide bonds. The first-order valence-corrected chi connectivity index (χ1v) is 7.07. The molecule has 1 aromatic rings. The molecule has 5 heteroatoms. The van der Waals surface area contributed by atoms with Crippen LogP contribution in [-0.2, 0) is 16.1 Å². The summed E-state index contributed by atoms with van der Waals surface area (Å²) in [6, 6.07) is 4.09. The Kier molecular flexibility index (Phi) is 4.36. The van der Waals surface area contributed by atoms with Gasteiger partial charge in [-0.1, -0.05) is 25.1 Å². The number of hydrogen-bond acceptors (Lipinski definition) is 4. The third kappa shape index (κ3) is 3.32. The molecule has 2 heterocycles. The monoisotopic (exact) mass is 266 g/mol. The minimum atomic E-state index is -0.439. The topological polar surface area (TPSA) is 50.7 Å². The summed E-state index contributed by atoms with van der Waals surface area (Å²) in [6.07, 6.45) is 1.04. The third-order valence-corrected chi connectivity index (χ3v) is 3.84. The smallest absolute Gasteiger partial charge is 0.264 e. The van der Waals surface area contributed by atoms with E-state index in [1.165, 1.54) is 4.88 Å². The standard InChI is InChI=1S/C13H18N2O2S/c1-9(2)11-8-12(17-15-11)13(16)14-6-5-10-4-3-7-18-10/h3-4,7,9,12H,5-6,8H2,1-2H3,(H,14,16). The van der Waals surface area contributed by atoms with Gasteiger partial charge in [-0.25, -0.2) is 0 Å². The van der Waals surface area contributed by atoms with E-state index in [4.69, 9.17) is 4.84 Å². The van der Waals surface area contributed by atoms with E-state index >= 15 is 0 Å². The van der Waals surface area contributed by atoms with E-state index in [1.54, 1.807) is 11.3 Å². The minimum absolute atomic E-state index is 0.0639. The average Bonchev–Trinajstić information content (AvgIpc) is 2.99. The van der Waals surface area contributed by atoms with E-state index in [-0.39, 0.29) is 5.91 Å². The lowest BCUT2D eigenvalue weighted by molar-refractivity contribution is -0.131. The molecule has 0 spiro atoms. The van der Waals surface area contributed by atoms with Crippen LogP contribution in [0.25, 0.3) is 0 Å². The van der Waals surface area contributed by atoms with Gasteiger partial charge in [0, 0.05) is 17.8 Å². The molecule has 98 valence electrons. The lowest BCUT2D eigenvalue weighted by Gasteiger charge is -2.09. The molecule has 0 aromatic carbocycles. The van der Waals surface area contributed by atoms with E-state index in [2.05, 4.69) is 30.4 Å². The highest BCUT2D eigenvalue weighted by Crippen LogP contribution is 2.16. The number of carbonyl (C=O) groups excluding carboxylic acids is 1. The fraction of sp³-hybridized carbons (Fsp3) is 0.538. The second-order valence-electron chi connectivity index (χ2n) is 4.66. The van der Waals surface area contributed by atoms with Gasteiger partial charge in [-0.3, -0.25) is 4.79 Å². The number of rotatable bonds is 5. The second-order valence-corrected chi connectivity index (χ2v) is 5.69. The van der Waals surface area contributed by atoms with Crippen molar-refractivity contribution in [3.05, 3.63) is 22.4 Å². The zero-order chi connectivity index (χ0) is 13.0. The highest BCUT2D eigenvalue weighted by atomic mass is 32.1. The van der Waals surface area contributed by atoms with Crippen molar-refractivity contribution < 1.29 is 9.63 Å². The van der Waals surface area contributed by atoms with Gasteiger partial charge in [0.1, 0.15) is 0 Å². The summed E-state index contributed by atoms with van der Waals surface area (Å²) >= 11 is 1.71. The number of hydrogen-bond donors (Lipinski definition) is 1. The zero-order valence-electron chi connectivity index (χ0n) is 10.7. The predicted molar refractivity (Wildman–Crippen MR) is 72.8 cm³/mol. The molecule has 18 heavy (non-hydrogen) atoms. The molecule has 1 aliphatic rings. The number of carbonyl (C=O) groups is 1. The first-order valence-electron chi connectivity index (χ1n) is 6.19. The van der Waals surface area contributed by atoms with Gasteiger partial charge in [0.05, 0.1) is 5.71 Å². The van der Waals surface area contributed by atoms with Crippen molar-refractivity contribution in [2.45, 2.75) is 32.8 Å². The molecule has 1 N–H and O–H groups in total. The quantitative estimate of drug-likeness (QED) is 0.888. The molecular formula is C13H18N2O2S. The summed E-state index contributed by atoms with van der Waals surface area (Å²) in [6.45, 7) is 4.76. The maximum Gasteiger partial charge on any atom is 0.264 e. The minimum Gasteiger partial charge on any atom is -0.382 e. The largest absolute Gasteiger partial charge is 0.382 e. The molecule has 2 rings (SSSR count). The normalized spacial score (nSPS) is 18.6. The molecule has 0 saturated heterocycles. The van der Waals surface area contributed by atoms with E-state index in [1.807, 2.05) is 11.4 Å². The van der Waals surface area contributed by atoms with Crippen LogP contribution < -0.4 is 5.32 Å². The van der Waals surface area contributed by atoms with Crippen molar-refractivity contribution >= 4 is 23.0 Å². The maximum absolute atomic E-state index is 11.8. The van der Waals surface area contributed by atoms with Crippen LogP contribution in [0.4, 0.5) is 0 Å².